The van der Waals surface area contributed by atoms with Crippen LogP contribution in [0.1, 0.15) is 5.82 Å². The van der Waals surface area contributed by atoms with Gasteiger partial charge in [0.05, 0.1) is 12.7 Å². The molecule has 0 aliphatic rings. The number of hydrogen-bond donors (Lipinski definition) is 1. The van der Waals surface area contributed by atoms with E-state index in [1.807, 2.05) is 24.7 Å². The number of aryl methyl sites for hydroxylation is 1. The summed E-state index contributed by atoms with van der Waals surface area (Å²) in [4.78, 5) is 4.40. The summed E-state index contributed by atoms with van der Waals surface area (Å²) in [7, 11) is 3.84. The molecule has 0 aromatic carbocycles. The highest BCUT2D eigenvalue weighted by molar-refractivity contribution is 5.70. The van der Waals surface area contributed by atoms with E-state index in [9.17, 15) is 0 Å². The van der Waals surface area contributed by atoms with Gasteiger partial charge in [-0.05, 0) is 13.1 Å². The maximum atomic E-state index is 4.40. The second-order valence-electron chi connectivity index (χ2n) is 2.86. The molecule has 2 aromatic rings. The first-order chi connectivity index (χ1) is 6.33. The first-order valence-corrected chi connectivity index (χ1v) is 4.10. The number of imidazole rings is 1. The van der Waals surface area contributed by atoms with Gasteiger partial charge in [0.2, 0.25) is 0 Å². The number of aromatic nitrogens is 4. The molecule has 0 saturated heterocycles. The van der Waals surface area contributed by atoms with Crippen molar-refractivity contribution in [3.05, 3.63) is 18.1 Å². The van der Waals surface area contributed by atoms with E-state index in [4.69, 9.17) is 0 Å². The van der Waals surface area contributed by atoms with Gasteiger partial charge >= 0.3 is 0 Å². The smallest absolute Gasteiger partial charge is 0.182 e. The summed E-state index contributed by atoms with van der Waals surface area (Å²) in [6, 6.07) is 1.86. The predicted molar refractivity (Wildman–Crippen MR) is 49.1 cm³/mol. The van der Waals surface area contributed by atoms with E-state index in [1.165, 1.54) is 0 Å². The molecule has 0 saturated carbocycles. The summed E-state index contributed by atoms with van der Waals surface area (Å²) in [6.45, 7) is 0.743. The summed E-state index contributed by atoms with van der Waals surface area (Å²) in [6.07, 6.45) is 1.65. The largest absolute Gasteiger partial charge is 0.313 e. The van der Waals surface area contributed by atoms with Gasteiger partial charge in [-0.15, -0.1) is 5.10 Å². The highest BCUT2D eigenvalue weighted by Gasteiger charge is 2.06. The molecule has 2 aromatic heterocycles. The van der Waals surface area contributed by atoms with Crippen LogP contribution in [0.4, 0.5) is 0 Å². The van der Waals surface area contributed by atoms with E-state index in [1.54, 1.807) is 6.20 Å². The third-order valence-corrected chi connectivity index (χ3v) is 1.97. The summed E-state index contributed by atoms with van der Waals surface area (Å²) >= 11 is 0. The SMILES string of the molecule is CNCc1nc2ccnnc2n1C. The fourth-order valence-electron chi connectivity index (χ4n) is 1.30. The van der Waals surface area contributed by atoms with E-state index < -0.39 is 0 Å². The van der Waals surface area contributed by atoms with Gasteiger partial charge < -0.3 is 9.88 Å². The molecular formula is C8H11N5. The van der Waals surface area contributed by atoms with Crippen LogP contribution < -0.4 is 5.32 Å². The number of fused-ring (bicyclic) bond motifs is 1. The van der Waals surface area contributed by atoms with Gasteiger partial charge in [-0.25, -0.2) is 4.98 Å². The minimum Gasteiger partial charge on any atom is -0.313 e. The van der Waals surface area contributed by atoms with Crippen LogP contribution in [-0.4, -0.2) is 26.8 Å². The van der Waals surface area contributed by atoms with Crippen molar-refractivity contribution in [1.29, 1.82) is 0 Å². The molecule has 0 fully saturated rings. The van der Waals surface area contributed by atoms with Crippen molar-refractivity contribution in [3.8, 4) is 0 Å². The monoisotopic (exact) mass is 177 g/mol. The van der Waals surface area contributed by atoms with Crippen LogP contribution in [0.15, 0.2) is 12.3 Å². The first kappa shape index (κ1) is 8.12. The fraction of sp³-hybridized carbons (Fsp3) is 0.375. The Bertz CT molecular complexity index is 419. The predicted octanol–water partition coefficient (Wildman–Crippen LogP) is 0.0827. The van der Waals surface area contributed by atoms with Crippen molar-refractivity contribution in [1.82, 2.24) is 25.1 Å². The van der Waals surface area contributed by atoms with Gasteiger partial charge in [-0.2, -0.15) is 5.10 Å². The first-order valence-electron chi connectivity index (χ1n) is 4.10. The molecule has 0 spiro atoms. The maximum absolute atomic E-state index is 4.40. The Morgan fingerprint density at radius 2 is 2.38 bits per heavy atom. The summed E-state index contributed by atoms with van der Waals surface area (Å²) < 4.78 is 1.94. The Kier molecular flexibility index (Phi) is 1.94. The highest BCUT2D eigenvalue weighted by Crippen LogP contribution is 2.09. The molecule has 0 radical (unpaired) electrons. The molecule has 0 aliphatic carbocycles. The highest BCUT2D eigenvalue weighted by atomic mass is 15.2. The summed E-state index contributed by atoms with van der Waals surface area (Å²) in [5.41, 5.74) is 1.72. The molecule has 0 atom stereocenters. The van der Waals surface area contributed by atoms with E-state index in [-0.39, 0.29) is 0 Å². The standard InChI is InChI=1S/C8H11N5/c1-9-5-7-11-6-3-4-10-12-8(6)13(7)2/h3-4,9H,5H2,1-2H3. The Balaban J connectivity index is 2.60. The molecule has 13 heavy (non-hydrogen) atoms. The number of nitrogens with one attached hydrogen (secondary N) is 1. The normalized spacial score (nSPS) is 10.9. The van der Waals surface area contributed by atoms with Gasteiger partial charge in [0.1, 0.15) is 11.3 Å². The lowest BCUT2D eigenvalue weighted by Gasteiger charge is -1.98. The van der Waals surface area contributed by atoms with E-state index in [0.717, 1.165) is 23.5 Å². The molecule has 5 heteroatoms. The zero-order valence-corrected chi connectivity index (χ0v) is 7.65. The average molecular weight is 177 g/mol. The van der Waals surface area contributed by atoms with Crippen LogP contribution in [0.5, 0.6) is 0 Å². The molecule has 0 amide bonds. The molecule has 68 valence electrons. The lowest BCUT2D eigenvalue weighted by atomic mass is 10.5. The third-order valence-electron chi connectivity index (χ3n) is 1.97. The van der Waals surface area contributed by atoms with Crippen molar-refractivity contribution < 1.29 is 0 Å². The second-order valence-corrected chi connectivity index (χ2v) is 2.86. The molecule has 0 bridgehead atoms. The Morgan fingerprint density at radius 1 is 1.54 bits per heavy atom. The van der Waals surface area contributed by atoms with Crippen LogP contribution in [0, 0.1) is 0 Å². The van der Waals surface area contributed by atoms with Crippen molar-refractivity contribution in [2.45, 2.75) is 6.54 Å². The van der Waals surface area contributed by atoms with E-state index in [0.29, 0.717) is 0 Å². The fourth-order valence-corrected chi connectivity index (χ4v) is 1.30. The van der Waals surface area contributed by atoms with Crippen LogP contribution >= 0.6 is 0 Å². The number of nitrogens with zero attached hydrogens (tertiary/aromatic N) is 4. The van der Waals surface area contributed by atoms with Crippen LogP contribution in [0.2, 0.25) is 0 Å². The molecule has 0 unspecified atom stereocenters. The Morgan fingerprint density at radius 3 is 3.08 bits per heavy atom. The average Bonchev–Trinajstić information content (AvgIpc) is 2.46. The number of hydrogen-bond acceptors (Lipinski definition) is 4. The van der Waals surface area contributed by atoms with Crippen LogP contribution in [-0.2, 0) is 13.6 Å². The molecule has 1 N–H and O–H groups in total. The second kappa shape index (κ2) is 3.10. The zero-order chi connectivity index (χ0) is 9.26. The van der Waals surface area contributed by atoms with Crippen molar-refractivity contribution >= 4 is 11.2 Å². The van der Waals surface area contributed by atoms with Crippen LogP contribution in [0.25, 0.3) is 11.2 Å². The maximum Gasteiger partial charge on any atom is 0.182 e. The van der Waals surface area contributed by atoms with Gasteiger partial charge in [0.15, 0.2) is 5.65 Å². The molecular weight excluding hydrogens is 166 g/mol. The van der Waals surface area contributed by atoms with E-state index >= 15 is 0 Å². The third kappa shape index (κ3) is 1.27. The van der Waals surface area contributed by atoms with E-state index in [2.05, 4.69) is 20.5 Å². The lowest BCUT2D eigenvalue weighted by Crippen LogP contribution is -2.10. The molecule has 2 heterocycles. The summed E-state index contributed by atoms with van der Waals surface area (Å²) in [5.74, 6) is 0.970. The van der Waals surface area contributed by atoms with Crippen molar-refractivity contribution in [2.24, 2.45) is 7.05 Å². The quantitative estimate of drug-likeness (QED) is 0.706. The van der Waals surface area contributed by atoms with Gasteiger partial charge in [-0.3, -0.25) is 0 Å². The molecule has 5 nitrogen and oxygen atoms in total. The topological polar surface area (TPSA) is 55.6 Å². The van der Waals surface area contributed by atoms with Crippen molar-refractivity contribution in [3.63, 3.8) is 0 Å². The van der Waals surface area contributed by atoms with Crippen molar-refractivity contribution in [2.75, 3.05) is 7.05 Å². The molecule has 0 aliphatic heterocycles. The van der Waals surface area contributed by atoms with Gasteiger partial charge in [0, 0.05) is 7.05 Å². The number of rotatable bonds is 2. The Hall–Kier alpha value is -1.49. The van der Waals surface area contributed by atoms with Crippen LogP contribution in [0.3, 0.4) is 0 Å². The Labute approximate surface area is 75.8 Å². The lowest BCUT2D eigenvalue weighted by molar-refractivity contribution is 0.714. The molecule has 2 rings (SSSR count). The zero-order valence-electron chi connectivity index (χ0n) is 7.65. The van der Waals surface area contributed by atoms with Gasteiger partial charge in [-0.1, -0.05) is 0 Å². The minimum absolute atomic E-state index is 0.743. The minimum atomic E-state index is 0.743. The van der Waals surface area contributed by atoms with Gasteiger partial charge in [0.25, 0.3) is 0 Å². The summed E-state index contributed by atoms with van der Waals surface area (Å²) in [5, 5.41) is 10.9.